The first-order valence-electron chi connectivity index (χ1n) is 6.91. The van der Waals surface area contributed by atoms with Crippen LogP contribution in [0.1, 0.15) is 40.0 Å². The van der Waals surface area contributed by atoms with Crippen molar-refractivity contribution in [3.05, 3.63) is 0 Å². The highest BCUT2D eigenvalue weighted by molar-refractivity contribution is 5.74. The van der Waals surface area contributed by atoms with Crippen molar-refractivity contribution >= 4 is 5.97 Å². The van der Waals surface area contributed by atoms with E-state index in [-0.39, 0.29) is 6.10 Å². The van der Waals surface area contributed by atoms with Crippen LogP contribution in [0.5, 0.6) is 0 Å². The third kappa shape index (κ3) is 3.69. The molecule has 18 heavy (non-hydrogen) atoms. The predicted octanol–water partition coefficient (Wildman–Crippen LogP) is 2.23. The Morgan fingerprint density at radius 1 is 1.56 bits per heavy atom. The molecule has 1 heterocycles. The number of carbonyl (C=O) groups is 1. The number of carboxylic acid groups (broad SMARTS) is 1. The van der Waals surface area contributed by atoms with E-state index in [0.717, 1.165) is 32.4 Å². The van der Waals surface area contributed by atoms with Gasteiger partial charge in [-0.05, 0) is 32.2 Å². The fourth-order valence-electron chi connectivity index (χ4n) is 2.85. The lowest BCUT2D eigenvalue weighted by Gasteiger charge is -2.39. The van der Waals surface area contributed by atoms with E-state index in [1.165, 1.54) is 0 Å². The SMILES string of the molecule is CCCC(C)(CN1CCC(C)C(OC)C1)C(=O)O. The lowest BCUT2D eigenvalue weighted by Crippen LogP contribution is -2.49. The van der Waals surface area contributed by atoms with E-state index in [9.17, 15) is 9.90 Å². The molecule has 1 aliphatic rings. The Balaban J connectivity index is 2.62. The topological polar surface area (TPSA) is 49.8 Å². The van der Waals surface area contributed by atoms with Crippen LogP contribution >= 0.6 is 0 Å². The molecule has 1 N–H and O–H groups in total. The Bertz CT molecular complexity index is 282. The number of nitrogens with zero attached hydrogens (tertiary/aromatic N) is 1. The molecule has 0 spiro atoms. The Kier molecular flexibility index (Phi) is 5.60. The summed E-state index contributed by atoms with van der Waals surface area (Å²) in [6, 6.07) is 0. The number of ether oxygens (including phenoxy) is 1. The van der Waals surface area contributed by atoms with Crippen LogP contribution < -0.4 is 0 Å². The molecule has 0 saturated carbocycles. The third-order valence-electron chi connectivity index (χ3n) is 4.17. The molecule has 1 saturated heterocycles. The average Bonchev–Trinajstić information content (AvgIpc) is 2.31. The van der Waals surface area contributed by atoms with Gasteiger partial charge in [0.25, 0.3) is 0 Å². The second-order valence-corrected chi connectivity index (χ2v) is 5.89. The lowest BCUT2D eigenvalue weighted by molar-refractivity contribution is -0.150. The zero-order valence-corrected chi connectivity index (χ0v) is 12.1. The maximum Gasteiger partial charge on any atom is 0.310 e. The van der Waals surface area contributed by atoms with Crippen molar-refractivity contribution in [2.24, 2.45) is 11.3 Å². The van der Waals surface area contributed by atoms with Gasteiger partial charge in [0.2, 0.25) is 0 Å². The van der Waals surface area contributed by atoms with Crippen molar-refractivity contribution in [2.45, 2.75) is 46.1 Å². The van der Waals surface area contributed by atoms with Gasteiger partial charge in [-0.3, -0.25) is 9.69 Å². The fourth-order valence-corrected chi connectivity index (χ4v) is 2.85. The Morgan fingerprint density at radius 2 is 2.22 bits per heavy atom. The van der Waals surface area contributed by atoms with E-state index in [0.29, 0.717) is 12.5 Å². The van der Waals surface area contributed by atoms with Crippen LogP contribution in [0.3, 0.4) is 0 Å². The number of hydrogen-bond donors (Lipinski definition) is 1. The largest absolute Gasteiger partial charge is 0.481 e. The highest BCUT2D eigenvalue weighted by Gasteiger charge is 2.36. The number of hydrogen-bond acceptors (Lipinski definition) is 3. The smallest absolute Gasteiger partial charge is 0.310 e. The Labute approximate surface area is 110 Å². The van der Waals surface area contributed by atoms with Crippen molar-refractivity contribution in [1.82, 2.24) is 4.90 Å². The first kappa shape index (κ1) is 15.4. The molecule has 0 bridgehead atoms. The number of methoxy groups -OCH3 is 1. The van der Waals surface area contributed by atoms with Crippen LogP contribution in [0.15, 0.2) is 0 Å². The van der Waals surface area contributed by atoms with Gasteiger partial charge in [0.1, 0.15) is 0 Å². The van der Waals surface area contributed by atoms with Crippen LogP contribution in [0.2, 0.25) is 0 Å². The van der Waals surface area contributed by atoms with Crippen molar-refractivity contribution in [3.8, 4) is 0 Å². The predicted molar refractivity (Wildman–Crippen MR) is 71.7 cm³/mol. The average molecular weight is 257 g/mol. The van der Waals surface area contributed by atoms with E-state index in [1.54, 1.807) is 7.11 Å². The van der Waals surface area contributed by atoms with Gasteiger partial charge < -0.3 is 9.84 Å². The summed E-state index contributed by atoms with van der Waals surface area (Å²) >= 11 is 0. The van der Waals surface area contributed by atoms with E-state index in [4.69, 9.17) is 4.74 Å². The Morgan fingerprint density at radius 3 is 2.72 bits per heavy atom. The zero-order chi connectivity index (χ0) is 13.8. The van der Waals surface area contributed by atoms with Crippen molar-refractivity contribution in [1.29, 1.82) is 0 Å². The van der Waals surface area contributed by atoms with Crippen molar-refractivity contribution in [2.75, 3.05) is 26.7 Å². The number of aliphatic carboxylic acids is 1. The molecule has 0 aromatic carbocycles. The second kappa shape index (κ2) is 6.53. The molecule has 0 amide bonds. The molecule has 4 heteroatoms. The van der Waals surface area contributed by atoms with Gasteiger partial charge >= 0.3 is 5.97 Å². The molecular weight excluding hydrogens is 230 g/mol. The third-order valence-corrected chi connectivity index (χ3v) is 4.17. The van der Waals surface area contributed by atoms with Crippen LogP contribution in [0, 0.1) is 11.3 Å². The summed E-state index contributed by atoms with van der Waals surface area (Å²) < 4.78 is 5.48. The maximum absolute atomic E-state index is 11.4. The standard InChI is InChI=1S/C14H27NO3/c1-5-7-14(3,13(16)17)10-15-8-6-11(2)12(9-15)18-4/h11-12H,5-10H2,1-4H3,(H,16,17). The monoisotopic (exact) mass is 257 g/mol. The van der Waals surface area contributed by atoms with Crippen molar-refractivity contribution < 1.29 is 14.6 Å². The van der Waals surface area contributed by atoms with Gasteiger partial charge in [-0.25, -0.2) is 0 Å². The summed E-state index contributed by atoms with van der Waals surface area (Å²) in [6.45, 7) is 8.56. The number of piperidine rings is 1. The zero-order valence-electron chi connectivity index (χ0n) is 12.1. The van der Waals surface area contributed by atoms with E-state index in [2.05, 4.69) is 11.8 Å². The van der Waals surface area contributed by atoms with Crippen LogP contribution in [-0.4, -0.2) is 48.8 Å². The van der Waals surface area contributed by atoms with E-state index >= 15 is 0 Å². The van der Waals surface area contributed by atoms with Crippen LogP contribution in [0.4, 0.5) is 0 Å². The fraction of sp³-hybridized carbons (Fsp3) is 0.929. The number of likely N-dealkylation sites (tertiary alicyclic amines) is 1. The number of carboxylic acids is 1. The summed E-state index contributed by atoms with van der Waals surface area (Å²) in [4.78, 5) is 13.7. The minimum atomic E-state index is -0.683. The molecule has 1 aliphatic heterocycles. The highest BCUT2D eigenvalue weighted by atomic mass is 16.5. The van der Waals surface area contributed by atoms with E-state index < -0.39 is 11.4 Å². The summed E-state index contributed by atoms with van der Waals surface area (Å²) in [6.07, 6.45) is 2.95. The molecule has 4 nitrogen and oxygen atoms in total. The molecule has 0 radical (unpaired) electrons. The summed E-state index contributed by atoms with van der Waals surface area (Å²) in [5.74, 6) is -0.120. The molecule has 106 valence electrons. The van der Waals surface area contributed by atoms with Gasteiger partial charge in [0, 0.05) is 20.2 Å². The minimum absolute atomic E-state index is 0.235. The molecule has 0 aliphatic carbocycles. The number of rotatable bonds is 6. The van der Waals surface area contributed by atoms with Gasteiger partial charge in [-0.1, -0.05) is 20.3 Å². The molecule has 1 fully saturated rings. The first-order valence-corrected chi connectivity index (χ1v) is 6.91. The summed E-state index contributed by atoms with van der Waals surface area (Å²) in [5, 5.41) is 9.41. The first-order chi connectivity index (χ1) is 8.42. The normalized spacial score (nSPS) is 28.9. The molecule has 3 atom stereocenters. The highest BCUT2D eigenvalue weighted by Crippen LogP contribution is 2.28. The van der Waals surface area contributed by atoms with Gasteiger partial charge in [0.15, 0.2) is 0 Å². The molecule has 3 unspecified atom stereocenters. The second-order valence-electron chi connectivity index (χ2n) is 5.89. The van der Waals surface area contributed by atoms with Gasteiger partial charge in [-0.15, -0.1) is 0 Å². The van der Waals surface area contributed by atoms with Gasteiger partial charge in [0.05, 0.1) is 11.5 Å². The lowest BCUT2D eigenvalue weighted by atomic mass is 9.84. The quantitative estimate of drug-likeness (QED) is 0.793. The van der Waals surface area contributed by atoms with Crippen LogP contribution in [0.25, 0.3) is 0 Å². The molecular formula is C14H27NO3. The molecule has 0 aromatic heterocycles. The van der Waals surface area contributed by atoms with Gasteiger partial charge in [-0.2, -0.15) is 0 Å². The molecule has 0 aromatic rings. The van der Waals surface area contributed by atoms with E-state index in [1.807, 2.05) is 13.8 Å². The minimum Gasteiger partial charge on any atom is -0.481 e. The van der Waals surface area contributed by atoms with Crippen LogP contribution in [-0.2, 0) is 9.53 Å². The van der Waals surface area contributed by atoms with Crippen molar-refractivity contribution in [3.63, 3.8) is 0 Å². The molecule has 1 rings (SSSR count). The summed E-state index contributed by atoms with van der Waals surface area (Å²) in [5.41, 5.74) is -0.631. The summed E-state index contributed by atoms with van der Waals surface area (Å²) in [7, 11) is 1.74. The Hall–Kier alpha value is -0.610. The maximum atomic E-state index is 11.4.